The topological polar surface area (TPSA) is 30.5 Å². The molecule has 1 aliphatic heterocycles. The highest BCUT2D eigenvalue weighted by Crippen LogP contribution is 2.38. The fraction of sp³-hybridized carbons (Fsp3) is 0.455. The van der Waals surface area contributed by atoms with Gasteiger partial charge < -0.3 is 14.8 Å². The first-order valence-corrected chi connectivity index (χ1v) is 4.82. The molecule has 0 radical (unpaired) electrons. The first-order chi connectivity index (χ1) is 7.19. The third kappa shape index (κ3) is 1.65. The molecule has 0 unspecified atom stereocenters. The molecule has 0 aromatic heterocycles. The molecule has 1 saturated heterocycles. The summed E-state index contributed by atoms with van der Waals surface area (Å²) < 4.78 is 24.4. The van der Waals surface area contributed by atoms with Crippen LogP contribution in [0, 0.1) is 0 Å². The summed E-state index contributed by atoms with van der Waals surface area (Å²) in [6.07, 6.45) is 0. The van der Waals surface area contributed by atoms with E-state index in [1.807, 2.05) is 0 Å². The lowest BCUT2D eigenvalue weighted by Crippen LogP contribution is -2.53. The Bertz CT molecular complexity index is 364. The van der Waals surface area contributed by atoms with Crippen molar-refractivity contribution in [3.63, 3.8) is 0 Å². The zero-order valence-corrected chi connectivity index (χ0v) is 8.84. The molecule has 0 spiro atoms. The summed E-state index contributed by atoms with van der Waals surface area (Å²) in [6, 6.07) is 5.19. The molecule has 1 aliphatic rings. The fourth-order valence-electron chi connectivity index (χ4n) is 1.70. The molecular formula is C11H14FNO2. The summed E-state index contributed by atoms with van der Waals surface area (Å²) >= 11 is 0. The van der Waals surface area contributed by atoms with E-state index in [1.165, 1.54) is 0 Å². The molecule has 15 heavy (non-hydrogen) atoms. The average molecular weight is 211 g/mol. The van der Waals surface area contributed by atoms with Crippen LogP contribution in [0.3, 0.4) is 0 Å². The number of hydrogen-bond donors (Lipinski definition) is 1. The number of benzene rings is 1. The van der Waals surface area contributed by atoms with Crippen LogP contribution in [0.25, 0.3) is 0 Å². The van der Waals surface area contributed by atoms with E-state index in [4.69, 9.17) is 9.47 Å². The fourth-order valence-corrected chi connectivity index (χ4v) is 1.70. The van der Waals surface area contributed by atoms with Crippen molar-refractivity contribution in [3.05, 3.63) is 23.8 Å². The van der Waals surface area contributed by atoms with Gasteiger partial charge in [-0.15, -0.1) is 0 Å². The molecule has 0 bridgehead atoms. The summed E-state index contributed by atoms with van der Waals surface area (Å²) in [5.74, 6) is 1.22. The third-order valence-corrected chi connectivity index (χ3v) is 2.70. The molecule has 0 atom stereocenters. The minimum absolute atomic E-state index is 0.330. The molecular weight excluding hydrogens is 197 g/mol. The highest BCUT2D eigenvalue weighted by Gasteiger charge is 2.41. The summed E-state index contributed by atoms with van der Waals surface area (Å²) in [4.78, 5) is 0. The van der Waals surface area contributed by atoms with Crippen molar-refractivity contribution in [1.29, 1.82) is 0 Å². The van der Waals surface area contributed by atoms with Gasteiger partial charge in [0, 0.05) is 18.7 Å². The minimum Gasteiger partial charge on any atom is -0.497 e. The van der Waals surface area contributed by atoms with Gasteiger partial charge in [-0.25, -0.2) is 4.39 Å². The lowest BCUT2D eigenvalue weighted by atomic mass is 9.89. The average Bonchev–Trinajstić information content (AvgIpc) is 2.25. The highest BCUT2D eigenvalue weighted by molar-refractivity contribution is 5.45. The lowest BCUT2D eigenvalue weighted by Gasteiger charge is -2.36. The Labute approximate surface area is 88.2 Å². The molecule has 0 amide bonds. The van der Waals surface area contributed by atoms with Crippen molar-refractivity contribution in [2.75, 3.05) is 27.3 Å². The van der Waals surface area contributed by atoms with Crippen LogP contribution in [0.2, 0.25) is 0 Å². The Hall–Kier alpha value is -1.29. The zero-order chi connectivity index (χ0) is 10.9. The van der Waals surface area contributed by atoms with E-state index >= 15 is 0 Å². The number of methoxy groups -OCH3 is 2. The molecule has 1 aromatic rings. The molecule has 82 valence electrons. The van der Waals surface area contributed by atoms with Crippen LogP contribution in [-0.2, 0) is 5.67 Å². The van der Waals surface area contributed by atoms with Crippen LogP contribution < -0.4 is 14.8 Å². The van der Waals surface area contributed by atoms with Crippen LogP contribution in [0.4, 0.5) is 4.39 Å². The molecule has 3 nitrogen and oxygen atoms in total. The molecule has 1 heterocycles. The standard InChI is InChI=1S/C11H14FNO2/c1-14-8-3-4-10(15-2)9(5-8)11(12)6-13-7-11/h3-5,13H,6-7H2,1-2H3. The van der Waals surface area contributed by atoms with E-state index in [9.17, 15) is 4.39 Å². The monoisotopic (exact) mass is 211 g/mol. The van der Waals surface area contributed by atoms with E-state index in [2.05, 4.69) is 5.32 Å². The van der Waals surface area contributed by atoms with Crippen molar-refractivity contribution >= 4 is 0 Å². The number of nitrogens with one attached hydrogen (secondary N) is 1. The first kappa shape index (κ1) is 10.2. The number of ether oxygens (including phenoxy) is 2. The maximum atomic E-state index is 14.2. The van der Waals surface area contributed by atoms with Crippen molar-refractivity contribution in [2.24, 2.45) is 0 Å². The summed E-state index contributed by atoms with van der Waals surface area (Å²) in [6.45, 7) is 0.660. The first-order valence-electron chi connectivity index (χ1n) is 4.82. The van der Waals surface area contributed by atoms with Crippen LogP contribution in [0.5, 0.6) is 11.5 Å². The maximum absolute atomic E-state index is 14.2. The van der Waals surface area contributed by atoms with Gasteiger partial charge >= 0.3 is 0 Å². The lowest BCUT2D eigenvalue weighted by molar-refractivity contribution is 0.0855. The van der Waals surface area contributed by atoms with Crippen LogP contribution >= 0.6 is 0 Å². The Balaban J connectivity index is 2.41. The van der Waals surface area contributed by atoms with Gasteiger partial charge in [0.1, 0.15) is 11.5 Å². The van der Waals surface area contributed by atoms with Crippen molar-refractivity contribution in [1.82, 2.24) is 5.32 Å². The molecule has 2 rings (SSSR count). The second-order valence-corrected chi connectivity index (χ2v) is 3.64. The van der Waals surface area contributed by atoms with E-state index in [0.717, 1.165) is 0 Å². The molecule has 1 aromatic carbocycles. The van der Waals surface area contributed by atoms with Gasteiger partial charge in [0.2, 0.25) is 0 Å². The Morgan fingerprint density at radius 3 is 2.47 bits per heavy atom. The van der Waals surface area contributed by atoms with E-state index in [0.29, 0.717) is 30.2 Å². The number of hydrogen-bond acceptors (Lipinski definition) is 3. The van der Waals surface area contributed by atoms with Gasteiger partial charge in [-0.2, -0.15) is 0 Å². The maximum Gasteiger partial charge on any atom is 0.164 e. The smallest absolute Gasteiger partial charge is 0.164 e. The van der Waals surface area contributed by atoms with E-state index < -0.39 is 5.67 Å². The number of rotatable bonds is 3. The zero-order valence-electron chi connectivity index (χ0n) is 8.84. The van der Waals surface area contributed by atoms with Crippen LogP contribution in [0.1, 0.15) is 5.56 Å². The van der Waals surface area contributed by atoms with Gasteiger partial charge in [-0.05, 0) is 18.2 Å². The van der Waals surface area contributed by atoms with E-state index in [-0.39, 0.29) is 0 Å². The second-order valence-electron chi connectivity index (χ2n) is 3.64. The SMILES string of the molecule is COc1ccc(OC)c(C2(F)CNC2)c1. The van der Waals surface area contributed by atoms with Crippen LogP contribution in [-0.4, -0.2) is 27.3 Å². The summed E-state index contributed by atoms with van der Waals surface area (Å²) in [5, 5.41) is 2.92. The Morgan fingerprint density at radius 1 is 1.27 bits per heavy atom. The van der Waals surface area contributed by atoms with Crippen molar-refractivity contribution in [3.8, 4) is 11.5 Å². The normalized spacial score (nSPS) is 18.1. The van der Waals surface area contributed by atoms with Crippen molar-refractivity contribution < 1.29 is 13.9 Å². The van der Waals surface area contributed by atoms with Crippen LogP contribution in [0.15, 0.2) is 18.2 Å². The molecule has 1 N–H and O–H groups in total. The quantitative estimate of drug-likeness (QED) is 0.821. The highest BCUT2D eigenvalue weighted by atomic mass is 19.1. The number of alkyl halides is 1. The van der Waals surface area contributed by atoms with Crippen molar-refractivity contribution in [2.45, 2.75) is 5.67 Å². The Kier molecular flexibility index (Phi) is 2.52. The predicted octanol–water partition coefficient (Wildman–Crippen LogP) is 1.47. The number of halogens is 1. The third-order valence-electron chi connectivity index (χ3n) is 2.70. The van der Waals surface area contributed by atoms with Gasteiger partial charge in [0.05, 0.1) is 14.2 Å². The van der Waals surface area contributed by atoms with Gasteiger partial charge in [-0.3, -0.25) is 0 Å². The summed E-state index contributed by atoms with van der Waals surface area (Å²) in [7, 11) is 3.11. The molecule has 1 fully saturated rings. The van der Waals surface area contributed by atoms with E-state index in [1.54, 1.807) is 32.4 Å². The minimum atomic E-state index is -1.32. The second kappa shape index (κ2) is 3.70. The Morgan fingerprint density at radius 2 is 2.00 bits per heavy atom. The molecule has 4 heteroatoms. The summed E-state index contributed by atoms with van der Waals surface area (Å²) in [5.41, 5.74) is -0.761. The van der Waals surface area contributed by atoms with Gasteiger partial charge in [-0.1, -0.05) is 0 Å². The molecule has 0 aliphatic carbocycles. The predicted molar refractivity (Wildman–Crippen MR) is 55.2 cm³/mol. The molecule has 0 saturated carbocycles. The van der Waals surface area contributed by atoms with Gasteiger partial charge in [0.15, 0.2) is 5.67 Å². The van der Waals surface area contributed by atoms with Gasteiger partial charge in [0.25, 0.3) is 0 Å². The largest absolute Gasteiger partial charge is 0.497 e.